The van der Waals surface area contributed by atoms with E-state index in [1.165, 1.54) is 24.0 Å². The molecule has 2 aromatic carbocycles. The lowest BCUT2D eigenvalue weighted by Crippen LogP contribution is -2.35. The maximum absolute atomic E-state index is 4.54. The van der Waals surface area contributed by atoms with Gasteiger partial charge in [0.15, 0.2) is 0 Å². The van der Waals surface area contributed by atoms with Crippen LogP contribution in [-0.4, -0.2) is 30.4 Å². The minimum atomic E-state index is 0.379. The maximum atomic E-state index is 4.54. The van der Waals surface area contributed by atoms with Gasteiger partial charge in [-0.25, -0.2) is 0 Å². The molecule has 1 fully saturated rings. The fourth-order valence-corrected chi connectivity index (χ4v) is 3.65. The van der Waals surface area contributed by atoms with E-state index in [0.29, 0.717) is 17.9 Å². The van der Waals surface area contributed by atoms with Gasteiger partial charge in [-0.15, -0.1) is 0 Å². The highest BCUT2D eigenvalue weighted by molar-refractivity contribution is 5.55. The second-order valence-electron chi connectivity index (χ2n) is 7.03. The second kappa shape index (κ2) is 8.14. The van der Waals surface area contributed by atoms with Gasteiger partial charge < -0.3 is 4.90 Å². The van der Waals surface area contributed by atoms with Crippen LogP contribution in [0.1, 0.15) is 43.7 Å². The molecule has 1 aliphatic heterocycles. The molecule has 0 saturated carbocycles. The molecule has 0 aromatic heterocycles. The van der Waals surface area contributed by atoms with Crippen molar-refractivity contribution < 1.29 is 0 Å². The van der Waals surface area contributed by atoms with Gasteiger partial charge in [-0.1, -0.05) is 60.7 Å². The Balaban J connectivity index is 1.76. The third-order valence-electron chi connectivity index (χ3n) is 4.89. The van der Waals surface area contributed by atoms with Crippen LogP contribution in [0.5, 0.6) is 0 Å². The average molecular weight is 320 g/mol. The average Bonchev–Trinajstić information content (AvgIpc) is 2.63. The van der Waals surface area contributed by atoms with E-state index < -0.39 is 0 Å². The Hall–Kier alpha value is -2.09. The van der Waals surface area contributed by atoms with E-state index in [4.69, 9.17) is 0 Å². The number of piperidine rings is 1. The summed E-state index contributed by atoms with van der Waals surface area (Å²) in [7, 11) is 0. The van der Waals surface area contributed by atoms with E-state index in [0.717, 1.165) is 13.1 Å². The molecule has 2 nitrogen and oxygen atoms in total. The van der Waals surface area contributed by atoms with E-state index in [1.54, 1.807) is 0 Å². The van der Waals surface area contributed by atoms with Crippen molar-refractivity contribution in [2.24, 2.45) is 10.9 Å². The topological polar surface area (TPSA) is 15.6 Å². The molecule has 0 radical (unpaired) electrons. The number of hydrogen-bond acceptors (Lipinski definition) is 1. The summed E-state index contributed by atoms with van der Waals surface area (Å²) in [4.78, 5) is 6.91. The van der Waals surface area contributed by atoms with E-state index >= 15 is 0 Å². The molecule has 0 N–H and O–H groups in total. The Morgan fingerprint density at radius 2 is 1.38 bits per heavy atom. The van der Waals surface area contributed by atoms with Gasteiger partial charge in [-0.3, -0.25) is 4.99 Å². The molecule has 3 rings (SSSR count). The lowest BCUT2D eigenvalue weighted by Gasteiger charge is -2.36. The molecule has 0 bridgehead atoms. The van der Waals surface area contributed by atoms with Crippen molar-refractivity contribution in [2.75, 3.05) is 13.1 Å². The molecule has 1 aliphatic rings. The number of likely N-dealkylation sites (tertiary alicyclic amines) is 1. The summed E-state index contributed by atoms with van der Waals surface area (Å²) in [6.45, 7) is 6.47. The quantitative estimate of drug-likeness (QED) is 0.561. The zero-order chi connectivity index (χ0) is 16.8. The normalized spacial score (nSPS) is 16.4. The highest BCUT2D eigenvalue weighted by Crippen LogP contribution is 2.37. The van der Waals surface area contributed by atoms with Crippen LogP contribution in [0.4, 0.5) is 0 Å². The summed E-state index contributed by atoms with van der Waals surface area (Å²) in [5.41, 5.74) is 2.89. The molecular formula is C22H28N2. The van der Waals surface area contributed by atoms with Crippen molar-refractivity contribution >= 4 is 6.34 Å². The minimum Gasteiger partial charge on any atom is -0.363 e. The van der Waals surface area contributed by atoms with Crippen LogP contribution >= 0.6 is 0 Å². The number of benzene rings is 2. The van der Waals surface area contributed by atoms with E-state index in [-0.39, 0.29) is 0 Å². The second-order valence-corrected chi connectivity index (χ2v) is 7.03. The molecule has 0 aliphatic carbocycles. The first kappa shape index (κ1) is 16.8. The number of aliphatic imine (C=N–C) groups is 1. The van der Waals surface area contributed by atoms with Crippen molar-refractivity contribution in [3.63, 3.8) is 0 Å². The molecule has 0 unspecified atom stereocenters. The molecule has 1 saturated heterocycles. The fourth-order valence-electron chi connectivity index (χ4n) is 3.65. The van der Waals surface area contributed by atoms with E-state index in [2.05, 4.69) is 90.7 Å². The highest BCUT2D eigenvalue weighted by atomic mass is 15.2. The van der Waals surface area contributed by atoms with Gasteiger partial charge in [0.1, 0.15) is 0 Å². The predicted molar refractivity (Wildman–Crippen MR) is 103 cm³/mol. The molecule has 1 heterocycles. The van der Waals surface area contributed by atoms with E-state index in [1.807, 2.05) is 0 Å². The Morgan fingerprint density at radius 1 is 0.875 bits per heavy atom. The van der Waals surface area contributed by atoms with Gasteiger partial charge in [0, 0.05) is 25.0 Å². The van der Waals surface area contributed by atoms with Gasteiger partial charge in [0.25, 0.3) is 0 Å². The molecule has 2 heteroatoms. The molecular weight excluding hydrogens is 292 g/mol. The van der Waals surface area contributed by atoms with Crippen LogP contribution < -0.4 is 0 Å². The van der Waals surface area contributed by atoms with Crippen LogP contribution in [0.2, 0.25) is 0 Å². The zero-order valence-electron chi connectivity index (χ0n) is 14.8. The Morgan fingerprint density at radius 3 is 1.83 bits per heavy atom. The van der Waals surface area contributed by atoms with Crippen molar-refractivity contribution in [3.05, 3.63) is 71.8 Å². The molecule has 2 aromatic rings. The Labute approximate surface area is 146 Å². The minimum absolute atomic E-state index is 0.379. The Kier molecular flexibility index (Phi) is 5.68. The number of nitrogens with zero attached hydrogens (tertiary/aromatic N) is 2. The zero-order valence-corrected chi connectivity index (χ0v) is 14.8. The fraction of sp³-hybridized carbons (Fsp3) is 0.409. The Bertz CT molecular complexity index is 586. The summed E-state index contributed by atoms with van der Waals surface area (Å²) >= 11 is 0. The van der Waals surface area contributed by atoms with Crippen molar-refractivity contribution in [3.8, 4) is 0 Å². The smallest absolute Gasteiger partial charge is 0.0852 e. The van der Waals surface area contributed by atoms with Gasteiger partial charge >= 0.3 is 0 Å². The molecule has 0 atom stereocenters. The lowest BCUT2D eigenvalue weighted by atomic mass is 9.76. The summed E-state index contributed by atoms with van der Waals surface area (Å²) in [6.07, 6.45) is 4.50. The van der Waals surface area contributed by atoms with Gasteiger partial charge in [0.2, 0.25) is 0 Å². The summed E-state index contributed by atoms with van der Waals surface area (Å²) in [5, 5.41) is 0. The monoisotopic (exact) mass is 320 g/mol. The molecule has 0 amide bonds. The van der Waals surface area contributed by atoms with Crippen LogP contribution in [0.3, 0.4) is 0 Å². The molecule has 0 spiro atoms. The van der Waals surface area contributed by atoms with Crippen molar-refractivity contribution in [2.45, 2.75) is 38.6 Å². The third-order valence-corrected chi connectivity index (χ3v) is 4.89. The van der Waals surface area contributed by atoms with Crippen LogP contribution in [-0.2, 0) is 0 Å². The first-order valence-corrected chi connectivity index (χ1v) is 9.11. The third kappa shape index (κ3) is 4.25. The standard InChI is InChI=1S/C22H28N2/c1-18(2)23-17-24-15-13-21(14-16-24)22(19-9-5-3-6-10-19)20-11-7-4-8-12-20/h3-12,17-18,21-22H,13-16H2,1-2H3/b23-17+. The first-order valence-electron chi connectivity index (χ1n) is 9.11. The molecule has 126 valence electrons. The van der Waals surface area contributed by atoms with Gasteiger partial charge in [0.05, 0.1) is 6.34 Å². The summed E-state index contributed by atoms with van der Waals surface area (Å²) in [6, 6.07) is 22.4. The predicted octanol–water partition coefficient (Wildman–Crippen LogP) is 4.97. The van der Waals surface area contributed by atoms with Gasteiger partial charge in [-0.2, -0.15) is 0 Å². The molecule has 24 heavy (non-hydrogen) atoms. The lowest BCUT2D eigenvalue weighted by molar-refractivity contribution is 0.253. The van der Waals surface area contributed by atoms with E-state index in [9.17, 15) is 0 Å². The van der Waals surface area contributed by atoms with Crippen molar-refractivity contribution in [1.29, 1.82) is 0 Å². The van der Waals surface area contributed by atoms with Crippen molar-refractivity contribution in [1.82, 2.24) is 4.90 Å². The number of hydrogen-bond donors (Lipinski definition) is 0. The van der Waals surface area contributed by atoms with Crippen LogP contribution in [0, 0.1) is 5.92 Å². The summed E-state index contributed by atoms with van der Waals surface area (Å²) in [5.74, 6) is 1.19. The summed E-state index contributed by atoms with van der Waals surface area (Å²) < 4.78 is 0. The van der Waals surface area contributed by atoms with Crippen LogP contribution in [0.25, 0.3) is 0 Å². The first-order chi connectivity index (χ1) is 11.7. The largest absolute Gasteiger partial charge is 0.363 e. The van der Waals surface area contributed by atoms with Gasteiger partial charge in [-0.05, 0) is 43.7 Å². The number of rotatable bonds is 5. The SMILES string of the molecule is CC(C)/N=C/N1CCC(C(c2ccccc2)c2ccccc2)CC1. The maximum Gasteiger partial charge on any atom is 0.0852 e. The van der Waals surface area contributed by atoms with Crippen LogP contribution in [0.15, 0.2) is 65.7 Å². The highest BCUT2D eigenvalue weighted by Gasteiger charge is 2.28.